The second kappa shape index (κ2) is 16.7. The van der Waals surface area contributed by atoms with Crippen LogP contribution >= 0.6 is 18.9 Å². The third-order valence-electron chi connectivity index (χ3n) is 10.8. The van der Waals surface area contributed by atoms with E-state index in [9.17, 15) is 28.8 Å². The fraction of sp³-hybridized carbons (Fsp3) is 0.425. The predicted octanol–water partition coefficient (Wildman–Crippen LogP) is 5.09. The molecule has 3 saturated heterocycles. The van der Waals surface area contributed by atoms with Crippen molar-refractivity contribution in [1.82, 2.24) is 25.2 Å². The van der Waals surface area contributed by atoms with Gasteiger partial charge in [0.2, 0.25) is 11.8 Å². The fourth-order valence-electron chi connectivity index (χ4n) is 8.02. The van der Waals surface area contributed by atoms with Crippen molar-refractivity contribution >= 4 is 58.3 Å². The molecule has 4 aromatic rings. The van der Waals surface area contributed by atoms with Gasteiger partial charge in [0, 0.05) is 74.6 Å². The number of amides is 3. The lowest BCUT2D eigenvalue weighted by atomic mass is 9.90. The van der Waals surface area contributed by atoms with E-state index in [2.05, 4.69) is 20.3 Å². The van der Waals surface area contributed by atoms with E-state index in [1.807, 2.05) is 37.3 Å². The molecular formula is C40H47N6O8PS. The van der Waals surface area contributed by atoms with Crippen LogP contribution in [0.15, 0.2) is 73.1 Å². The summed E-state index contributed by atoms with van der Waals surface area (Å²) in [5.74, 6) is -1.36. The number of anilines is 1. The summed E-state index contributed by atoms with van der Waals surface area (Å²) >= 11 is 1.28. The molecule has 296 valence electrons. The molecule has 7 rings (SSSR count). The van der Waals surface area contributed by atoms with E-state index in [4.69, 9.17) is 9.26 Å². The van der Waals surface area contributed by atoms with E-state index in [1.165, 1.54) is 18.4 Å². The molecule has 5 atom stereocenters. The van der Waals surface area contributed by atoms with Crippen LogP contribution in [-0.4, -0.2) is 109 Å². The lowest BCUT2D eigenvalue weighted by Gasteiger charge is -2.43. The third-order valence-corrected chi connectivity index (χ3v) is 13.9. The van der Waals surface area contributed by atoms with Crippen LogP contribution < -0.4 is 19.8 Å². The molecule has 0 aliphatic carbocycles. The number of ether oxygens (including phenoxy) is 1. The quantitative estimate of drug-likeness (QED) is 0.145. The minimum Gasteiger partial charge on any atom is -0.480 e. The minimum atomic E-state index is -3.84. The number of aromatic nitrogens is 1. The Morgan fingerprint density at radius 2 is 1.84 bits per heavy atom. The Balaban J connectivity index is 1.02. The minimum absolute atomic E-state index is 0.0338. The Labute approximate surface area is 329 Å². The molecule has 3 fully saturated rings. The monoisotopic (exact) mass is 802 g/mol. The third kappa shape index (κ3) is 8.46. The summed E-state index contributed by atoms with van der Waals surface area (Å²) in [7, 11) is 1.50. The number of fused-ring (bicyclic) bond motifs is 2. The van der Waals surface area contributed by atoms with Crippen LogP contribution in [0.1, 0.15) is 58.8 Å². The summed E-state index contributed by atoms with van der Waals surface area (Å²) in [5, 5.41) is 16.1. The van der Waals surface area contributed by atoms with Gasteiger partial charge in [-0.25, -0.2) is 5.09 Å². The van der Waals surface area contributed by atoms with Crippen LogP contribution in [0, 0.1) is 0 Å². The van der Waals surface area contributed by atoms with Gasteiger partial charge in [0.25, 0.3) is 5.91 Å². The molecule has 5 heterocycles. The maximum Gasteiger partial charge on any atom is 0.323 e. The SMILES string of the molecule is COC[C@H](NP(=O)(Cc1ccc2sc(C(=O)N[C@H]3CCC[C@H]4CC[C@@H](C(=O)N5CC(c6cnccc6N(C)C)C5)N4C3=O)cc2c1)Oc1ccccc1)C(=O)O. The van der Waals surface area contributed by atoms with Crippen LogP contribution in [0.3, 0.4) is 0 Å². The second-order valence-corrected chi connectivity index (χ2v) is 18.1. The summed E-state index contributed by atoms with van der Waals surface area (Å²) in [4.78, 5) is 64.0. The van der Waals surface area contributed by atoms with Crippen LogP contribution in [-0.2, 0) is 29.8 Å². The normalized spacial score (nSPS) is 21.4. The van der Waals surface area contributed by atoms with E-state index in [0.717, 1.165) is 40.6 Å². The highest BCUT2D eigenvalue weighted by Crippen LogP contribution is 2.47. The van der Waals surface area contributed by atoms with Gasteiger partial charge in [0.1, 0.15) is 23.9 Å². The average molecular weight is 803 g/mol. The van der Waals surface area contributed by atoms with Crippen molar-refractivity contribution in [1.29, 1.82) is 0 Å². The Hall–Kier alpha value is -4.82. The zero-order valence-electron chi connectivity index (χ0n) is 31.6. The Morgan fingerprint density at radius 1 is 1.05 bits per heavy atom. The van der Waals surface area contributed by atoms with Gasteiger partial charge in [-0.3, -0.25) is 28.7 Å². The van der Waals surface area contributed by atoms with Gasteiger partial charge in [0.05, 0.1) is 17.6 Å². The van der Waals surface area contributed by atoms with E-state index < -0.39 is 31.6 Å². The van der Waals surface area contributed by atoms with E-state index in [1.54, 1.807) is 59.6 Å². The molecule has 3 aliphatic heterocycles. The molecule has 3 N–H and O–H groups in total. The standard InChI is InChI=1S/C40H47N6O8PS/c1-44(2)33-16-17-41-20-30(33)27-21-45(22-27)39(49)34-14-13-28-8-7-11-31(38(48)46(28)34)42-37(47)36-19-26-18-25(12-15-35(26)56-36)24-55(52,43-32(23-53-3)40(50)51)54-29-9-5-4-6-10-29/h4-6,9-10,12,15-20,27-28,31-32,34H,7-8,11,13-14,21-24H2,1-3H3,(H,42,47)(H,43,52)(H,50,51)/t28-,31-,32-,34-,55?/m0/s1. The number of aliphatic carboxylic acids is 1. The fourth-order valence-corrected chi connectivity index (χ4v) is 11.0. The zero-order valence-corrected chi connectivity index (χ0v) is 33.3. The van der Waals surface area contributed by atoms with Gasteiger partial charge in [-0.05, 0) is 79.5 Å². The molecule has 3 amide bonds. The Morgan fingerprint density at radius 3 is 2.57 bits per heavy atom. The number of benzene rings is 2. The number of nitrogens with one attached hydrogen (secondary N) is 2. The smallest absolute Gasteiger partial charge is 0.323 e. The maximum absolute atomic E-state index is 14.2. The van der Waals surface area contributed by atoms with Crippen LogP contribution in [0.4, 0.5) is 5.69 Å². The van der Waals surface area contributed by atoms with Crippen LogP contribution in [0.2, 0.25) is 0 Å². The van der Waals surface area contributed by atoms with Crippen molar-refractivity contribution < 1.29 is 38.1 Å². The van der Waals surface area contributed by atoms with Crippen LogP contribution in [0.25, 0.3) is 10.1 Å². The molecule has 2 aromatic heterocycles. The number of rotatable bonds is 14. The molecule has 56 heavy (non-hydrogen) atoms. The van der Waals surface area contributed by atoms with Crippen molar-refractivity contribution in [2.75, 3.05) is 45.8 Å². The van der Waals surface area contributed by atoms with Gasteiger partial charge < -0.3 is 34.4 Å². The number of likely N-dealkylation sites (tertiary alicyclic amines) is 1. The van der Waals surface area contributed by atoms with Gasteiger partial charge in [-0.2, -0.15) is 0 Å². The predicted molar refractivity (Wildman–Crippen MR) is 213 cm³/mol. The van der Waals surface area contributed by atoms with Gasteiger partial charge in [-0.15, -0.1) is 11.3 Å². The summed E-state index contributed by atoms with van der Waals surface area (Å²) in [6.07, 6.45) is 6.89. The highest BCUT2D eigenvalue weighted by molar-refractivity contribution is 7.56. The second-order valence-electron chi connectivity index (χ2n) is 14.9. The molecule has 2 aromatic carbocycles. The highest BCUT2D eigenvalue weighted by atomic mass is 32.1. The number of carbonyl (C=O) groups excluding carboxylic acids is 3. The number of pyridine rings is 1. The summed E-state index contributed by atoms with van der Waals surface area (Å²) < 4.78 is 26.0. The van der Waals surface area contributed by atoms with E-state index in [-0.39, 0.29) is 42.5 Å². The molecule has 0 saturated carbocycles. The first-order valence-electron chi connectivity index (χ1n) is 18.8. The number of methoxy groups -OCH3 is 1. The number of thiophene rings is 1. The number of carboxylic acids is 1. The molecule has 0 bridgehead atoms. The lowest BCUT2D eigenvalue weighted by Crippen LogP contribution is -2.58. The first kappa shape index (κ1) is 39.4. The number of carboxylic acid groups (broad SMARTS) is 1. The molecule has 0 radical (unpaired) electrons. The molecular weight excluding hydrogens is 756 g/mol. The van der Waals surface area contributed by atoms with Crippen molar-refractivity contribution in [2.24, 2.45) is 0 Å². The zero-order chi connectivity index (χ0) is 39.6. The Bertz CT molecular complexity index is 2140. The van der Waals surface area contributed by atoms with Gasteiger partial charge >= 0.3 is 13.5 Å². The van der Waals surface area contributed by atoms with Crippen molar-refractivity contribution in [3.8, 4) is 5.75 Å². The van der Waals surface area contributed by atoms with E-state index >= 15 is 0 Å². The summed E-state index contributed by atoms with van der Waals surface area (Å²) in [6, 6.07) is 15.0. The van der Waals surface area contributed by atoms with Gasteiger partial charge in [-0.1, -0.05) is 24.3 Å². The summed E-state index contributed by atoms with van der Waals surface area (Å²) in [6.45, 7) is 0.933. The highest BCUT2D eigenvalue weighted by Gasteiger charge is 2.48. The molecule has 14 nitrogen and oxygen atoms in total. The first-order valence-corrected chi connectivity index (χ1v) is 21.4. The number of para-hydroxylation sites is 1. The molecule has 16 heteroatoms. The van der Waals surface area contributed by atoms with Crippen molar-refractivity contribution in [3.05, 3.63) is 89.1 Å². The summed E-state index contributed by atoms with van der Waals surface area (Å²) in [5.41, 5.74) is 2.80. The number of nitrogens with zero attached hydrogens (tertiary/aromatic N) is 4. The lowest BCUT2D eigenvalue weighted by molar-refractivity contribution is -0.148. The van der Waals surface area contributed by atoms with Crippen molar-refractivity contribution in [2.45, 2.75) is 68.4 Å². The molecule has 3 aliphatic rings. The largest absolute Gasteiger partial charge is 0.480 e. The molecule has 0 spiro atoms. The van der Waals surface area contributed by atoms with Crippen molar-refractivity contribution in [3.63, 3.8) is 0 Å². The number of hydrogen-bond acceptors (Lipinski definition) is 10. The average Bonchev–Trinajstić information content (AvgIpc) is 3.74. The van der Waals surface area contributed by atoms with Crippen LogP contribution in [0.5, 0.6) is 5.75 Å². The Kier molecular flexibility index (Phi) is 11.8. The molecule has 1 unspecified atom stereocenters. The number of hydrogen-bond donors (Lipinski definition) is 3. The topological polar surface area (TPSA) is 171 Å². The first-order chi connectivity index (χ1) is 26.9. The maximum atomic E-state index is 14.2. The number of carbonyl (C=O) groups is 4. The van der Waals surface area contributed by atoms with E-state index in [0.29, 0.717) is 42.1 Å². The van der Waals surface area contributed by atoms with Gasteiger partial charge in [0.15, 0.2) is 0 Å².